The molecule has 0 bridgehead atoms. The second-order valence-corrected chi connectivity index (χ2v) is 7.96. The average Bonchev–Trinajstić information content (AvgIpc) is 2.57. The quantitative estimate of drug-likeness (QED) is 0.735. The van der Waals surface area contributed by atoms with Gasteiger partial charge in [-0.1, -0.05) is 31.2 Å². The lowest BCUT2D eigenvalue weighted by molar-refractivity contribution is 0.602. The molecule has 2 aromatic carbocycles. The summed E-state index contributed by atoms with van der Waals surface area (Å²) >= 11 is 0. The molecule has 4 nitrogen and oxygen atoms in total. The normalized spacial score (nSPS) is 11.8. The molecule has 1 aromatic heterocycles. The molecule has 0 atom stereocenters. The van der Waals surface area contributed by atoms with Gasteiger partial charge in [0, 0.05) is 30.4 Å². The summed E-state index contributed by atoms with van der Waals surface area (Å²) in [5.41, 5.74) is 2.71. The molecule has 3 aromatic rings. The molecule has 0 aliphatic carbocycles. The summed E-state index contributed by atoms with van der Waals surface area (Å²) in [5.74, 6) is 0. The van der Waals surface area contributed by atoms with Crippen LogP contribution in [-0.2, 0) is 23.3 Å². The molecule has 0 N–H and O–H groups in total. The third kappa shape index (κ3) is 2.76. The van der Waals surface area contributed by atoms with Crippen LogP contribution in [0.3, 0.4) is 0 Å². The Bertz CT molecular complexity index is 1100. The minimum atomic E-state index is -3.30. The molecule has 0 saturated carbocycles. The summed E-state index contributed by atoms with van der Waals surface area (Å²) in [6.07, 6.45) is 3.76. The van der Waals surface area contributed by atoms with E-state index in [2.05, 4.69) is 0 Å². The Hall–Kier alpha value is -2.40. The smallest absolute Gasteiger partial charge is 0.258 e. The van der Waals surface area contributed by atoms with Gasteiger partial charge in [0.2, 0.25) is 0 Å². The van der Waals surface area contributed by atoms with Crippen LogP contribution in [0.4, 0.5) is 0 Å². The van der Waals surface area contributed by atoms with E-state index in [1.54, 1.807) is 36.0 Å². The highest BCUT2D eigenvalue weighted by molar-refractivity contribution is 7.90. The maximum Gasteiger partial charge on any atom is 0.258 e. The molecule has 1 heterocycles. The lowest BCUT2D eigenvalue weighted by Crippen LogP contribution is -2.16. The fraction of sp³-hybridized carbons (Fsp3) is 0.211. The van der Waals surface area contributed by atoms with Crippen molar-refractivity contribution < 1.29 is 8.42 Å². The Kier molecular flexibility index (Phi) is 4.05. The van der Waals surface area contributed by atoms with E-state index in [-0.39, 0.29) is 10.5 Å². The zero-order valence-corrected chi connectivity index (χ0v) is 14.7. The van der Waals surface area contributed by atoms with Crippen molar-refractivity contribution in [2.45, 2.75) is 18.2 Å². The topological polar surface area (TPSA) is 56.1 Å². The average molecular weight is 341 g/mol. The first-order valence-electron chi connectivity index (χ1n) is 7.74. The van der Waals surface area contributed by atoms with E-state index in [1.807, 2.05) is 31.2 Å². The molecular formula is C19H19NO3S. The van der Waals surface area contributed by atoms with Crippen molar-refractivity contribution >= 4 is 20.6 Å². The molecule has 5 heteroatoms. The number of rotatable bonds is 3. The highest BCUT2D eigenvalue weighted by atomic mass is 32.2. The number of fused-ring (bicyclic) bond motifs is 1. The highest BCUT2D eigenvalue weighted by Crippen LogP contribution is 2.31. The number of benzene rings is 2. The van der Waals surface area contributed by atoms with Gasteiger partial charge >= 0.3 is 0 Å². The minimum Gasteiger partial charge on any atom is -0.317 e. The van der Waals surface area contributed by atoms with E-state index in [4.69, 9.17) is 0 Å². The summed E-state index contributed by atoms with van der Waals surface area (Å²) in [4.78, 5) is 12.6. The summed E-state index contributed by atoms with van der Waals surface area (Å²) in [6.45, 7) is 2.03. The molecule has 124 valence electrons. The summed E-state index contributed by atoms with van der Waals surface area (Å²) in [5, 5.41) is 1.46. The Morgan fingerprint density at radius 1 is 1.00 bits per heavy atom. The van der Waals surface area contributed by atoms with E-state index in [0.29, 0.717) is 5.39 Å². The summed E-state index contributed by atoms with van der Waals surface area (Å²) < 4.78 is 25.4. The van der Waals surface area contributed by atoms with Crippen LogP contribution in [0.15, 0.2) is 58.4 Å². The van der Waals surface area contributed by atoms with Crippen molar-refractivity contribution in [1.29, 1.82) is 0 Å². The number of pyridine rings is 1. The fourth-order valence-electron chi connectivity index (χ4n) is 2.98. The number of aromatic nitrogens is 1. The third-order valence-electron chi connectivity index (χ3n) is 4.27. The van der Waals surface area contributed by atoms with Crippen molar-refractivity contribution in [3.63, 3.8) is 0 Å². The molecule has 0 aliphatic rings. The van der Waals surface area contributed by atoms with Crippen LogP contribution in [0.5, 0.6) is 0 Å². The van der Waals surface area contributed by atoms with Gasteiger partial charge in [-0.25, -0.2) is 8.42 Å². The lowest BCUT2D eigenvalue weighted by atomic mass is 9.95. The van der Waals surface area contributed by atoms with Crippen molar-refractivity contribution in [2.75, 3.05) is 6.26 Å². The maximum atomic E-state index is 12.4. The second-order valence-electron chi connectivity index (χ2n) is 5.95. The molecule has 24 heavy (non-hydrogen) atoms. The number of aryl methyl sites for hydroxylation is 2. The van der Waals surface area contributed by atoms with E-state index in [1.165, 1.54) is 6.26 Å². The van der Waals surface area contributed by atoms with Crippen LogP contribution < -0.4 is 5.56 Å². The van der Waals surface area contributed by atoms with Crippen LogP contribution in [-0.4, -0.2) is 19.2 Å². The molecule has 0 aliphatic heterocycles. The molecule has 0 spiro atoms. The van der Waals surface area contributed by atoms with Crippen molar-refractivity contribution in [3.05, 3.63) is 64.6 Å². The predicted molar refractivity (Wildman–Crippen MR) is 97.1 cm³/mol. The van der Waals surface area contributed by atoms with Gasteiger partial charge < -0.3 is 4.57 Å². The number of sulfone groups is 1. The Morgan fingerprint density at radius 2 is 1.67 bits per heavy atom. The van der Waals surface area contributed by atoms with Gasteiger partial charge in [0.25, 0.3) is 5.56 Å². The van der Waals surface area contributed by atoms with Crippen LogP contribution in [0.25, 0.3) is 21.9 Å². The Morgan fingerprint density at radius 3 is 2.29 bits per heavy atom. The molecule has 0 unspecified atom stereocenters. The zero-order chi connectivity index (χ0) is 17.5. The molecule has 0 fully saturated rings. The number of nitrogens with zero attached hydrogens (tertiary/aromatic N) is 1. The highest BCUT2D eigenvalue weighted by Gasteiger charge is 2.15. The molecule has 0 amide bonds. The van der Waals surface area contributed by atoms with Crippen molar-refractivity contribution in [2.24, 2.45) is 7.05 Å². The van der Waals surface area contributed by atoms with Crippen LogP contribution in [0.1, 0.15) is 12.5 Å². The first kappa shape index (κ1) is 16.5. The second kappa shape index (κ2) is 5.91. The monoisotopic (exact) mass is 341 g/mol. The van der Waals surface area contributed by atoms with Crippen LogP contribution >= 0.6 is 0 Å². The number of hydrogen-bond donors (Lipinski definition) is 0. The van der Waals surface area contributed by atoms with Gasteiger partial charge in [-0.05, 0) is 41.1 Å². The van der Waals surface area contributed by atoms with E-state index in [0.717, 1.165) is 28.5 Å². The third-order valence-corrected chi connectivity index (χ3v) is 5.38. The fourth-order valence-corrected chi connectivity index (χ4v) is 3.62. The largest absolute Gasteiger partial charge is 0.317 e. The van der Waals surface area contributed by atoms with Gasteiger partial charge in [0.15, 0.2) is 9.84 Å². The van der Waals surface area contributed by atoms with Crippen LogP contribution in [0.2, 0.25) is 0 Å². The minimum absolute atomic E-state index is 0.0633. The summed E-state index contributed by atoms with van der Waals surface area (Å²) in [7, 11) is -1.59. The summed E-state index contributed by atoms with van der Waals surface area (Å²) in [6, 6.07) is 12.6. The van der Waals surface area contributed by atoms with E-state index >= 15 is 0 Å². The van der Waals surface area contributed by atoms with Gasteiger partial charge in [0.05, 0.1) is 4.90 Å². The van der Waals surface area contributed by atoms with Crippen molar-refractivity contribution in [3.8, 4) is 11.1 Å². The maximum absolute atomic E-state index is 12.4. The van der Waals surface area contributed by atoms with E-state index < -0.39 is 9.84 Å². The van der Waals surface area contributed by atoms with Crippen LogP contribution in [0, 0.1) is 0 Å². The number of hydrogen-bond acceptors (Lipinski definition) is 3. The van der Waals surface area contributed by atoms with E-state index in [9.17, 15) is 13.2 Å². The predicted octanol–water partition coefficient (Wildman–Crippen LogP) is 3.17. The van der Waals surface area contributed by atoms with Gasteiger partial charge in [-0.3, -0.25) is 4.79 Å². The lowest BCUT2D eigenvalue weighted by Gasteiger charge is -2.14. The molecule has 3 rings (SSSR count). The molecule has 0 radical (unpaired) electrons. The SMILES string of the molecule is CCc1ccc(S(C)(=O)=O)cc1-c1cn(C)c(=O)c2ccccc12. The first-order chi connectivity index (χ1) is 11.3. The molecular weight excluding hydrogens is 322 g/mol. The van der Waals surface area contributed by atoms with Gasteiger partial charge in [-0.2, -0.15) is 0 Å². The standard InChI is InChI=1S/C19H19NO3S/c1-4-13-9-10-14(24(3,22)23)11-17(13)18-12-20(2)19(21)16-8-6-5-7-15(16)18/h5-12H,4H2,1-3H3. The van der Waals surface area contributed by atoms with Crippen molar-refractivity contribution in [1.82, 2.24) is 4.57 Å². The molecule has 0 saturated heterocycles. The first-order valence-corrected chi connectivity index (χ1v) is 9.63. The Balaban J connectivity index is 2.44. The van der Waals surface area contributed by atoms with Gasteiger partial charge in [-0.15, -0.1) is 0 Å². The zero-order valence-electron chi connectivity index (χ0n) is 13.9. The van der Waals surface area contributed by atoms with Gasteiger partial charge in [0.1, 0.15) is 0 Å². The Labute approximate surface area is 141 Å².